The Morgan fingerprint density at radius 2 is 1.35 bits per heavy atom. The second kappa shape index (κ2) is 9.99. The lowest BCUT2D eigenvalue weighted by Crippen LogP contribution is -2.95. The molecule has 0 unspecified atom stereocenters. The lowest BCUT2D eigenvalue weighted by Gasteiger charge is -2.27. The van der Waals surface area contributed by atoms with Gasteiger partial charge in [-0.3, -0.25) is 10.1 Å². The van der Waals surface area contributed by atoms with E-state index in [9.17, 15) is 23.1 Å². The third-order valence-electron chi connectivity index (χ3n) is 5.18. The van der Waals surface area contributed by atoms with Crippen LogP contribution in [-0.2, 0) is 10.1 Å². The van der Waals surface area contributed by atoms with Crippen molar-refractivity contribution in [1.29, 1.82) is 0 Å². The monoisotopic (exact) mass is 384 g/mol. The molecule has 0 atom stereocenters. The van der Waals surface area contributed by atoms with Crippen molar-refractivity contribution in [2.75, 3.05) is 0 Å². The van der Waals surface area contributed by atoms with E-state index in [4.69, 9.17) is 0 Å². The van der Waals surface area contributed by atoms with Crippen LogP contribution in [0.1, 0.15) is 64.2 Å². The summed E-state index contributed by atoms with van der Waals surface area (Å²) in [5, 5.41) is 13.0. The first-order valence-electron chi connectivity index (χ1n) is 9.42. The third-order valence-corrected chi connectivity index (χ3v) is 6.06. The van der Waals surface area contributed by atoms with Crippen LogP contribution in [0.25, 0.3) is 0 Å². The predicted molar refractivity (Wildman–Crippen MR) is 96.7 cm³/mol. The summed E-state index contributed by atoms with van der Waals surface area (Å²) in [6.45, 7) is 0. The summed E-state index contributed by atoms with van der Waals surface area (Å²) < 4.78 is 31.5. The number of rotatable bonds is 4. The lowest BCUT2D eigenvalue weighted by molar-refractivity contribution is -0.725. The van der Waals surface area contributed by atoms with Crippen molar-refractivity contribution in [2.45, 2.75) is 81.2 Å². The number of hydrogen-bond donors (Lipinski definition) is 1. The van der Waals surface area contributed by atoms with Gasteiger partial charge in [0.15, 0.2) is 0 Å². The third kappa shape index (κ3) is 6.66. The number of nitro groups is 1. The first-order valence-corrected chi connectivity index (χ1v) is 10.8. The van der Waals surface area contributed by atoms with Crippen LogP contribution in [0.2, 0.25) is 0 Å². The SMILES string of the molecule is C1CCC([NH2+]C2CCCCC2)CC1.O=[N+]([O-])c1ccccc1S(=O)(=O)[O-]. The summed E-state index contributed by atoms with van der Waals surface area (Å²) >= 11 is 0. The van der Waals surface area contributed by atoms with Gasteiger partial charge in [0.25, 0.3) is 5.69 Å². The second-order valence-electron chi connectivity index (χ2n) is 7.17. The molecule has 2 aliphatic carbocycles. The zero-order valence-electron chi connectivity index (χ0n) is 15.0. The van der Waals surface area contributed by atoms with Crippen molar-refractivity contribution in [2.24, 2.45) is 0 Å². The van der Waals surface area contributed by atoms with E-state index in [1.54, 1.807) is 0 Å². The van der Waals surface area contributed by atoms with E-state index in [2.05, 4.69) is 5.32 Å². The Bertz CT molecular complexity index is 665. The summed E-state index contributed by atoms with van der Waals surface area (Å²) in [5.74, 6) is 0. The quantitative estimate of drug-likeness (QED) is 0.486. The molecule has 0 aliphatic heterocycles. The molecule has 2 fully saturated rings. The molecule has 1 aromatic rings. The van der Waals surface area contributed by atoms with Gasteiger partial charge in [-0.15, -0.1) is 0 Å². The zero-order chi connectivity index (χ0) is 19.0. The molecule has 2 aliphatic rings. The van der Waals surface area contributed by atoms with Crippen LogP contribution in [0, 0.1) is 10.1 Å². The highest BCUT2D eigenvalue weighted by atomic mass is 32.2. The van der Waals surface area contributed by atoms with Crippen LogP contribution in [0.15, 0.2) is 29.2 Å². The molecule has 0 bridgehead atoms. The zero-order valence-corrected chi connectivity index (χ0v) is 15.8. The van der Waals surface area contributed by atoms with Crippen molar-refractivity contribution in [3.05, 3.63) is 34.4 Å². The van der Waals surface area contributed by atoms with Gasteiger partial charge in [0.05, 0.1) is 17.0 Å². The van der Waals surface area contributed by atoms with Crippen LogP contribution in [0.4, 0.5) is 5.69 Å². The van der Waals surface area contributed by atoms with E-state index in [0.717, 1.165) is 24.2 Å². The molecule has 3 rings (SSSR count). The molecule has 0 spiro atoms. The van der Waals surface area contributed by atoms with Gasteiger partial charge in [0.1, 0.15) is 15.0 Å². The number of hydrogen-bond acceptors (Lipinski definition) is 5. The maximum atomic E-state index is 10.5. The Labute approximate surface area is 155 Å². The van der Waals surface area contributed by atoms with Gasteiger partial charge >= 0.3 is 0 Å². The van der Waals surface area contributed by atoms with Gasteiger partial charge in [-0.1, -0.05) is 25.0 Å². The minimum absolute atomic E-state index is 0.697. The first kappa shape index (κ1) is 20.8. The van der Waals surface area contributed by atoms with E-state index >= 15 is 0 Å². The Morgan fingerprint density at radius 3 is 1.73 bits per heavy atom. The molecule has 0 saturated heterocycles. The molecule has 2 saturated carbocycles. The van der Waals surface area contributed by atoms with Crippen LogP contribution < -0.4 is 5.32 Å². The van der Waals surface area contributed by atoms with E-state index in [1.165, 1.54) is 76.3 Å². The highest BCUT2D eigenvalue weighted by Crippen LogP contribution is 2.22. The molecule has 0 amide bonds. The van der Waals surface area contributed by atoms with Crippen LogP contribution in [-0.4, -0.2) is 30.0 Å². The molecule has 2 N–H and O–H groups in total. The largest absolute Gasteiger partial charge is 0.744 e. The Kier molecular flexibility index (Phi) is 7.99. The van der Waals surface area contributed by atoms with Crippen molar-refractivity contribution in [1.82, 2.24) is 0 Å². The van der Waals surface area contributed by atoms with Gasteiger partial charge < -0.3 is 9.87 Å². The fourth-order valence-corrected chi connectivity index (χ4v) is 4.50. The summed E-state index contributed by atoms with van der Waals surface area (Å²) in [6.07, 6.45) is 15.0. The number of nitro benzene ring substituents is 1. The Balaban J connectivity index is 0.000000187. The average Bonchev–Trinajstić information content (AvgIpc) is 2.63. The average molecular weight is 384 g/mol. The molecule has 146 valence electrons. The number of quaternary nitrogens is 1. The van der Waals surface area contributed by atoms with Gasteiger partial charge in [-0.05, 0) is 57.4 Å². The number of nitrogens with two attached hydrogens (primary N) is 1. The molecule has 1 aromatic carbocycles. The van der Waals surface area contributed by atoms with E-state index in [-0.39, 0.29) is 0 Å². The van der Waals surface area contributed by atoms with Gasteiger partial charge in [0.2, 0.25) is 0 Å². The summed E-state index contributed by atoms with van der Waals surface area (Å²) in [5.41, 5.74) is -0.697. The number of para-hydroxylation sites is 1. The molecule has 26 heavy (non-hydrogen) atoms. The molecular formula is C18H28N2O5S. The van der Waals surface area contributed by atoms with Gasteiger partial charge in [0, 0.05) is 6.07 Å². The molecule has 0 heterocycles. The van der Waals surface area contributed by atoms with Crippen LogP contribution in [0.3, 0.4) is 0 Å². The first-order chi connectivity index (χ1) is 12.4. The van der Waals surface area contributed by atoms with Crippen molar-refractivity contribution >= 4 is 15.8 Å². The maximum Gasteiger partial charge on any atom is 0.286 e. The number of benzene rings is 1. The fraction of sp³-hybridized carbons (Fsp3) is 0.667. The molecule has 7 nitrogen and oxygen atoms in total. The highest BCUT2D eigenvalue weighted by Gasteiger charge is 2.22. The number of nitrogens with zero attached hydrogens (tertiary/aromatic N) is 1. The van der Waals surface area contributed by atoms with Crippen LogP contribution >= 0.6 is 0 Å². The predicted octanol–water partition coefficient (Wildman–Crippen LogP) is 2.71. The fourth-order valence-electron chi connectivity index (χ4n) is 3.86. The van der Waals surface area contributed by atoms with Crippen molar-refractivity contribution in [3.63, 3.8) is 0 Å². The Hall–Kier alpha value is -1.51. The molecule has 8 heteroatoms. The molecule has 0 aromatic heterocycles. The van der Waals surface area contributed by atoms with E-state index in [1.807, 2.05) is 0 Å². The smallest absolute Gasteiger partial charge is 0.286 e. The van der Waals surface area contributed by atoms with E-state index in [0.29, 0.717) is 0 Å². The van der Waals surface area contributed by atoms with Crippen LogP contribution in [0.5, 0.6) is 0 Å². The second-order valence-corrected chi connectivity index (χ2v) is 8.52. The highest BCUT2D eigenvalue weighted by molar-refractivity contribution is 7.85. The summed E-state index contributed by atoms with van der Waals surface area (Å²) in [7, 11) is -4.77. The van der Waals surface area contributed by atoms with Gasteiger partial charge in [-0.25, -0.2) is 8.42 Å². The molecule has 0 radical (unpaired) electrons. The standard InChI is InChI=1S/C12H23N.C6H5NO5S/c1-3-7-11(8-4-1)13-12-9-5-2-6-10-12;8-7(9)5-3-1-2-4-6(5)13(10,11)12/h11-13H,1-10H2;1-4H,(H,10,11,12). The maximum absolute atomic E-state index is 10.5. The van der Waals surface area contributed by atoms with E-state index < -0.39 is 25.6 Å². The minimum Gasteiger partial charge on any atom is -0.744 e. The summed E-state index contributed by atoms with van der Waals surface area (Å²) in [4.78, 5) is 8.55. The normalized spacial score (nSPS) is 19.4. The minimum atomic E-state index is -4.77. The Morgan fingerprint density at radius 1 is 0.885 bits per heavy atom. The van der Waals surface area contributed by atoms with Gasteiger partial charge in [-0.2, -0.15) is 0 Å². The topological polar surface area (TPSA) is 117 Å². The van der Waals surface area contributed by atoms with Crippen molar-refractivity contribution in [3.8, 4) is 0 Å². The summed E-state index contributed by atoms with van der Waals surface area (Å²) in [6, 6.07) is 6.39. The molecular weight excluding hydrogens is 356 g/mol. The lowest BCUT2D eigenvalue weighted by atomic mass is 9.91. The van der Waals surface area contributed by atoms with Crippen molar-refractivity contribution < 1.29 is 23.2 Å².